The Kier molecular flexibility index (Phi) is 9.42. The summed E-state index contributed by atoms with van der Waals surface area (Å²) in [6.45, 7) is 10.8. The molecule has 2 N–H and O–H groups in total. The summed E-state index contributed by atoms with van der Waals surface area (Å²) < 4.78 is 49.4. The van der Waals surface area contributed by atoms with Crippen LogP contribution in [0.2, 0.25) is 25.7 Å². The summed E-state index contributed by atoms with van der Waals surface area (Å²) in [5.41, 5.74) is -3.53. The number of pyridine rings is 1. The van der Waals surface area contributed by atoms with Gasteiger partial charge in [-0.15, -0.1) is 0 Å². The van der Waals surface area contributed by atoms with Gasteiger partial charge in [0.2, 0.25) is 5.91 Å². The number of aromatic nitrogens is 3. The molecule has 2 aromatic heterocycles. The number of halogens is 3. The van der Waals surface area contributed by atoms with Crippen molar-refractivity contribution in [3.05, 3.63) is 74.4 Å². The Bertz CT molecular complexity index is 1510. The number of nitrogens with one attached hydrogen (secondary N) is 1. The number of carbonyl (C=O) groups excluding carboxylic acids is 1. The van der Waals surface area contributed by atoms with Crippen LogP contribution in [0.15, 0.2) is 40.1 Å². The van der Waals surface area contributed by atoms with E-state index in [0.717, 1.165) is 28.9 Å². The van der Waals surface area contributed by atoms with Crippen LogP contribution in [-0.4, -0.2) is 45.4 Å². The standard InChI is InChI=1S/C27H35F3N4O5Si/c1-16(23-20(30)12-18(29)14-31-23)32-24(35)22(13-27(2,3)38)34-25(36)19-11-17(28)7-8-21(19)33(26(34)37)15-39-9-10-40(4,5)6/h7-8,11-12,14,16,22,38H,9-10,13,15H2,1-6H3,(H,32,35)/t16-,22?/m1/s1. The average molecular weight is 581 g/mol. The maximum atomic E-state index is 14.3. The summed E-state index contributed by atoms with van der Waals surface area (Å²) in [6, 6.07) is 2.12. The van der Waals surface area contributed by atoms with Gasteiger partial charge >= 0.3 is 5.69 Å². The van der Waals surface area contributed by atoms with Crippen molar-refractivity contribution in [2.45, 2.75) is 77.3 Å². The molecule has 0 saturated heterocycles. The highest BCUT2D eigenvalue weighted by molar-refractivity contribution is 6.76. The van der Waals surface area contributed by atoms with Crippen LogP contribution in [0.25, 0.3) is 10.9 Å². The van der Waals surface area contributed by atoms with Gasteiger partial charge in [0.15, 0.2) is 0 Å². The summed E-state index contributed by atoms with van der Waals surface area (Å²) in [6.07, 6.45) is 0.399. The number of ether oxygens (including phenoxy) is 1. The second-order valence-corrected chi connectivity index (χ2v) is 17.3. The first-order valence-electron chi connectivity index (χ1n) is 12.8. The fourth-order valence-electron chi connectivity index (χ4n) is 4.19. The topological polar surface area (TPSA) is 115 Å². The van der Waals surface area contributed by atoms with Gasteiger partial charge in [-0.2, -0.15) is 0 Å². The van der Waals surface area contributed by atoms with Crippen LogP contribution in [0.4, 0.5) is 13.2 Å². The lowest BCUT2D eigenvalue weighted by Crippen LogP contribution is -2.49. The third-order valence-corrected chi connectivity index (χ3v) is 7.97. The van der Waals surface area contributed by atoms with Crippen molar-refractivity contribution in [1.29, 1.82) is 0 Å². The number of amides is 1. The van der Waals surface area contributed by atoms with Crippen molar-refractivity contribution >= 4 is 24.9 Å². The normalized spacial score (nSPS) is 13.8. The first kappa shape index (κ1) is 31.2. The van der Waals surface area contributed by atoms with Gasteiger partial charge in [0.1, 0.15) is 30.2 Å². The molecule has 2 heterocycles. The van der Waals surface area contributed by atoms with Crippen LogP contribution >= 0.6 is 0 Å². The van der Waals surface area contributed by atoms with Crippen LogP contribution in [0, 0.1) is 17.5 Å². The number of nitrogens with zero attached hydrogens (tertiary/aromatic N) is 3. The van der Waals surface area contributed by atoms with Crippen molar-refractivity contribution in [2.75, 3.05) is 6.61 Å². The lowest BCUT2D eigenvalue weighted by Gasteiger charge is -2.27. The molecule has 0 aliphatic heterocycles. The van der Waals surface area contributed by atoms with E-state index in [4.69, 9.17) is 4.74 Å². The first-order valence-corrected chi connectivity index (χ1v) is 16.6. The molecule has 0 radical (unpaired) electrons. The van der Waals surface area contributed by atoms with Gasteiger partial charge in [-0.05, 0) is 45.0 Å². The molecule has 1 aromatic carbocycles. The first-order chi connectivity index (χ1) is 18.5. The molecule has 0 aliphatic carbocycles. The van der Waals surface area contributed by atoms with Gasteiger partial charge in [-0.3, -0.25) is 19.1 Å². The Morgan fingerprint density at radius 2 is 1.82 bits per heavy atom. The Morgan fingerprint density at radius 3 is 2.42 bits per heavy atom. The highest BCUT2D eigenvalue weighted by Crippen LogP contribution is 2.23. The Balaban J connectivity index is 2.11. The zero-order valence-electron chi connectivity index (χ0n) is 23.4. The molecular weight excluding hydrogens is 545 g/mol. The molecule has 0 saturated carbocycles. The Hall–Kier alpha value is -3.29. The van der Waals surface area contributed by atoms with Gasteiger partial charge in [0, 0.05) is 27.2 Å². The number of aliphatic hydroxyl groups is 1. The van der Waals surface area contributed by atoms with E-state index in [2.05, 4.69) is 29.9 Å². The Morgan fingerprint density at radius 1 is 1.15 bits per heavy atom. The summed E-state index contributed by atoms with van der Waals surface area (Å²) in [4.78, 5) is 44.5. The number of benzene rings is 1. The van der Waals surface area contributed by atoms with Crippen molar-refractivity contribution in [1.82, 2.24) is 19.4 Å². The molecule has 0 fully saturated rings. The molecule has 40 heavy (non-hydrogen) atoms. The zero-order chi connectivity index (χ0) is 30.0. The minimum absolute atomic E-state index is 0.119. The molecule has 13 heteroatoms. The van der Waals surface area contributed by atoms with Crippen LogP contribution in [0.1, 0.15) is 45.0 Å². The van der Waals surface area contributed by atoms with Crippen molar-refractivity contribution in [3.63, 3.8) is 0 Å². The summed E-state index contributed by atoms with van der Waals surface area (Å²) in [7, 11) is -1.45. The highest BCUT2D eigenvalue weighted by Gasteiger charge is 2.33. The summed E-state index contributed by atoms with van der Waals surface area (Å²) >= 11 is 0. The average Bonchev–Trinajstić information content (AvgIpc) is 2.81. The number of hydrogen-bond donors (Lipinski definition) is 2. The van der Waals surface area contributed by atoms with Crippen molar-refractivity contribution in [2.24, 2.45) is 0 Å². The van der Waals surface area contributed by atoms with E-state index < -0.39 is 66.8 Å². The second kappa shape index (κ2) is 12.1. The third-order valence-electron chi connectivity index (χ3n) is 6.26. The third kappa shape index (κ3) is 7.67. The molecule has 3 aromatic rings. The molecule has 9 nitrogen and oxygen atoms in total. The molecule has 2 atom stereocenters. The minimum Gasteiger partial charge on any atom is -0.390 e. The summed E-state index contributed by atoms with van der Waals surface area (Å²) in [5.74, 6) is -3.53. The lowest BCUT2D eigenvalue weighted by molar-refractivity contribution is -0.127. The van der Waals surface area contributed by atoms with Gasteiger partial charge in [-0.1, -0.05) is 19.6 Å². The molecule has 1 unspecified atom stereocenters. The molecule has 0 spiro atoms. The summed E-state index contributed by atoms with van der Waals surface area (Å²) in [5, 5.41) is 12.9. The fourth-order valence-corrected chi connectivity index (χ4v) is 4.95. The predicted molar refractivity (Wildman–Crippen MR) is 147 cm³/mol. The van der Waals surface area contributed by atoms with Crippen LogP contribution in [0.5, 0.6) is 0 Å². The number of rotatable bonds is 11. The monoisotopic (exact) mass is 580 g/mol. The fraction of sp³-hybridized carbons (Fsp3) is 0.481. The van der Waals surface area contributed by atoms with Crippen molar-refractivity contribution in [3.8, 4) is 0 Å². The van der Waals surface area contributed by atoms with E-state index in [1.54, 1.807) is 0 Å². The molecule has 0 bridgehead atoms. The van der Waals surface area contributed by atoms with Crippen LogP contribution in [0.3, 0.4) is 0 Å². The highest BCUT2D eigenvalue weighted by atomic mass is 28.3. The molecule has 0 aliphatic rings. The quantitative estimate of drug-likeness (QED) is 0.263. The van der Waals surface area contributed by atoms with E-state index in [0.29, 0.717) is 17.2 Å². The van der Waals surface area contributed by atoms with E-state index in [9.17, 15) is 32.7 Å². The van der Waals surface area contributed by atoms with E-state index >= 15 is 0 Å². The van der Waals surface area contributed by atoms with E-state index in [-0.39, 0.29) is 23.3 Å². The Labute approximate surface area is 230 Å². The van der Waals surface area contributed by atoms with Gasteiger partial charge in [0.25, 0.3) is 5.56 Å². The van der Waals surface area contributed by atoms with E-state index in [1.807, 2.05) is 0 Å². The lowest BCUT2D eigenvalue weighted by atomic mass is 9.97. The second-order valence-electron chi connectivity index (χ2n) is 11.7. The SMILES string of the molecule is C[C@@H](NC(=O)C(CC(C)(C)O)n1c(=O)c2cc(F)ccc2n(COCC[Si](C)(C)C)c1=O)c1ncc(F)cc1F. The number of carbonyl (C=O) groups is 1. The van der Waals surface area contributed by atoms with Crippen LogP contribution in [-0.2, 0) is 16.3 Å². The molecule has 218 valence electrons. The molecular formula is C27H35F3N4O5Si. The van der Waals surface area contributed by atoms with Crippen LogP contribution < -0.4 is 16.6 Å². The number of fused-ring (bicyclic) bond motifs is 1. The van der Waals surface area contributed by atoms with Crippen molar-refractivity contribution < 1.29 is 27.8 Å². The maximum Gasteiger partial charge on any atom is 0.334 e. The maximum absolute atomic E-state index is 14.3. The van der Waals surface area contributed by atoms with Gasteiger partial charge in [0.05, 0.1) is 34.4 Å². The largest absolute Gasteiger partial charge is 0.390 e. The smallest absolute Gasteiger partial charge is 0.334 e. The molecule has 3 rings (SSSR count). The van der Waals surface area contributed by atoms with E-state index in [1.165, 1.54) is 26.8 Å². The molecule has 1 amide bonds. The predicted octanol–water partition coefficient (Wildman–Crippen LogP) is 3.87. The number of hydrogen-bond acceptors (Lipinski definition) is 6. The van der Waals surface area contributed by atoms with Gasteiger partial charge in [-0.25, -0.2) is 22.5 Å². The van der Waals surface area contributed by atoms with Gasteiger partial charge < -0.3 is 15.2 Å². The minimum atomic E-state index is -1.58. The zero-order valence-corrected chi connectivity index (χ0v) is 24.4.